The van der Waals surface area contributed by atoms with Gasteiger partial charge in [0.05, 0.1) is 28.8 Å². The molecule has 2 aliphatic rings. The number of hydrogen-bond acceptors (Lipinski definition) is 5. The monoisotopic (exact) mass is 414 g/mol. The molecule has 31 heavy (non-hydrogen) atoms. The van der Waals surface area contributed by atoms with Crippen molar-refractivity contribution in [1.29, 1.82) is 0 Å². The van der Waals surface area contributed by atoms with Crippen molar-refractivity contribution in [2.45, 2.75) is 32.1 Å². The fourth-order valence-electron chi connectivity index (χ4n) is 4.53. The second-order valence-electron chi connectivity index (χ2n) is 7.93. The van der Waals surface area contributed by atoms with Gasteiger partial charge >= 0.3 is 5.97 Å². The van der Waals surface area contributed by atoms with E-state index >= 15 is 0 Å². The quantitative estimate of drug-likeness (QED) is 0.367. The van der Waals surface area contributed by atoms with Crippen LogP contribution < -0.4 is 0 Å². The topological polar surface area (TPSA) is 76.6 Å². The van der Waals surface area contributed by atoms with Crippen LogP contribution in [0, 0.1) is 0 Å². The minimum Gasteiger partial charge on any atom is -0.460 e. The number of amides is 2. The Kier molecular flexibility index (Phi) is 4.98. The number of benzene rings is 2. The maximum Gasteiger partial charge on any atom is 0.339 e. The lowest BCUT2D eigenvalue weighted by Gasteiger charge is -2.17. The van der Waals surface area contributed by atoms with Crippen molar-refractivity contribution in [1.82, 2.24) is 9.88 Å². The van der Waals surface area contributed by atoms with E-state index < -0.39 is 5.97 Å². The number of fused-ring (bicyclic) bond motifs is 3. The van der Waals surface area contributed by atoms with E-state index in [0.29, 0.717) is 16.7 Å². The van der Waals surface area contributed by atoms with Crippen LogP contribution in [0.5, 0.6) is 0 Å². The molecule has 156 valence electrons. The molecule has 2 aromatic carbocycles. The van der Waals surface area contributed by atoms with Gasteiger partial charge in [0.25, 0.3) is 11.8 Å². The summed E-state index contributed by atoms with van der Waals surface area (Å²) >= 11 is 0. The lowest BCUT2D eigenvalue weighted by atomic mass is 9.97. The van der Waals surface area contributed by atoms with Crippen LogP contribution in [0.3, 0.4) is 0 Å². The second kappa shape index (κ2) is 7.95. The normalized spacial score (nSPS) is 15.5. The molecule has 6 heteroatoms. The zero-order valence-corrected chi connectivity index (χ0v) is 17.1. The minimum absolute atomic E-state index is 0.0310. The predicted octanol–water partition coefficient (Wildman–Crippen LogP) is 3.96. The molecule has 2 heterocycles. The van der Waals surface area contributed by atoms with Gasteiger partial charge in [0.15, 0.2) is 0 Å². The van der Waals surface area contributed by atoms with Gasteiger partial charge in [-0.25, -0.2) is 4.79 Å². The van der Waals surface area contributed by atoms with Gasteiger partial charge in [-0.2, -0.15) is 0 Å². The molecular weight excluding hydrogens is 392 g/mol. The number of aryl methyl sites for hydroxylation is 1. The highest BCUT2D eigenvalue weighted by Crippen LogP contribution is 2.29. The Bertz CT molecular complexity index is 1180. The molecular formula is C25H22N2O4. The number of ether oxygens (including phenoxy) is 1. The third kappa shape index (κ3) is 3.38. The van der Waals surface area contributed by atoms with E-state index in [2.05, 4.69) is 0 Å². The fraction of sp³-hybridized carbons (Fsp3) is 0.280. The number of para-hydroxylation sites is 1. The average Bonchev–Trinajstić information content (AvgIpc) is 2.93. The maximum absolute atomic E-state index is 13.2. The Morgan fingerprint density at radius 2 is 1.58 bits per heavy atom. The first-order valence-corrected chi connectivity index (χ1v) is 10.7. The molecule has 3 aromatic rings. The van der Waals surface area contributed by atoms with Crippen molar-refractivity contribution >= 4 is 28.7 Å². The molecule has 5 rings (SSSR count). The van der Waals surface area contributed by atoms with Crippen LogP contribution in [0.25, 0.3) is 10.9 Å². The number of pyridine rings is 1. The Morgan fingerprint density at radius 3 is 2.35 bits per heavy atom. The van der Waals surface area contributed by atoms with Crippen LogP contribution in [0.1, 0.15) is 61.6 Å². The molecule has 0 N–H and O–H groups in total. The van der Waals surface area contributed by atoms with Gasteiger partial charge in [-0.3, -0.25) is 19.5 Å². The Hall–Kier alpha value is -3.54. The fourth-order valence-corrected chi connectivity index (χ4v) is 4.53. The number of esters is 1. The summed E-state index contributed by atoms with van der Waals surface area (Å²) in [5, 5.41) is 0.786. The summed E-state index contributed by atoms with van der Waals surface area (Å²) in [4.78, 5) is 44.1. The maximum atomic E-state index is 13.2. The first kappa shape index (κ1) is 19.4. The molecule has 0 saturated carbocycles. The third-order valence-corrected chi connectivity index (χ3v) is 6.05. The van der Waals surface area contributed by atoms with Crippen LogP contribution in [0.2, 0.25) is 0 Å². The molecule has 1 aromatic heterocycles. The van der Waals surface area contributed by atoms with E-state index in [9.17, 15) is 14.4 Å². The smallest absolute Gasteiger partial charge is 0.339 e. The molecule has 0 unspecified atom stereocenters. The Balaban J connectivity index is 1.37. The van der Waals surface area contributed by atoms with E-state index in [1.807, 2.05) is 24.3 Å². The zero-order chi connectivity index (χ0) is 21.4. The van der Waals surface area contributed by atoms with Crippen molar-refractivity contribution in [3.8, 4) is 0 Å². The predicted molar refractivity (Wildman–Crippen MR) is 115 cm³/mol. The van der Waals surface area contributed by atoms with Crippen molar-refractivity contribution in [3.05, 3.63) is 76.5 Å². The molecule has 0 spiro atoms. The van der Waals surface area contributed by atoms with Gasteiger partial charge in [0.1, 0.15) is 6.61 Å². The summed E-state index contributed by atoms with van der Waals surface area (Å²) in [6.07, 6.45) is 4.85. The number of carbonyl (C=O) groups excluding carboxylic acids is 3. The van der Waals surface area contributed by atoms with Crippen LogP contribution in [-0.2, 0) is 17.6 Å². The number of rotatable bonds is 4. The SMILES string of the molecule is O=C(OCCN1C(=O)c2ccccc2C1=O)c1c2c(nc3ccccc13)CCCCC2. The van der Waals surface area contributed by atoms with E-state index in [0.717, 1.165) is 59.2 Å². The highest BCUT2D eigenvalue weighted by molar-refractivity contribution is 6.21. The molecule has 1 aliphatic heterocycles. The van der Waals surface area contributed by atoms with Gasteiger partial charge in [-0.1, -0.05) is 36.8 Å². The van der Waals surface area contributed by atoms with Gasteiger partial charge < -0.3 is 4.74 Å². The average molecular weight is 414 g/mol. The van der Waals surface area contributed by atoms with Gasteiger partial charge in [-0.15, -0.1) is 0 Å². The second-order valence-corrected chi connectivity index (χ2v) is 7.93. The van der Waals surface area contributed by atoms with E-state index in [1.54, 1.807) is 24.3 Å². The molecule has 0 radical (unpaired) electrons. The molecule has 0 bridgehead atoms. The standard InChI is InChI=1S/C25H22N2O4/c28-23-16-8-4-5-9-17(16)24(29)27(23)14-15-31-25(30)22-18-10-2-1-3-12-20(18)26-21-13-7-6-11-19(21)22/h4-9,11,13H,1-3,10,12,14-15H2. The van der Waals surface area contributed by atoms with E-state index in [-0.39, 0.29) is 25.0 Å². The van der Waals surface area contributed by atoms with Crippen LogP contribution >= 0.6 is 0 Å². The summed E-state index contributed by atoms with van der Waals surface area (Å²) in [5.74, 6) is -1.12. The minimum atomic E-state index is -0.423. The van der Waals surface area contributed by atoms with Gasteiger partial charge in [-0.05, 0) is 49.4 Å². The number of imide groups is 1. The van der Waals surface area contributed by atoms with Crippen LogP contribution in [0.4, 0.5) is 0 Å². The number of hydrogen-bond donors (Lipinski definition) is 0. The van der Waals surface area contributed by atoms with Gasteiger partial charge in [0.2, 0.25) is 0 Å². The highest BCUT2D eigenvalue weighted by atomic mass is 16.5. The summed E-state index contributed by atoms with van der Waals surface area (Å²) in [6, 6.07) is 14.4. The highest BCUT2D eigenvalue weighted by Gasteiger charge is 2.35. The molecule has 6 nitrogen and oxygen atoms in total. The lowest BCUT2D eigenvalue weighted by molar-refractivity contribution is 0.0421. The van der Waals surface area contributed by atoms with Crippen LogP contribution in [0.15, 0.2) is 48.5 Å². The molecule has 0 fully saturated rings. The number of nitrogens with zero attached hydrogens (tertiary/aromatic N) is 2. The van der Waals surface area contributed by atoms with Crippen molar-refractivity contribution in [2.24, 2.45) is 0 Å². The first-order chi connectivity index (χ1) is 15.1. The van der Waals surface area contributed by atoms with E-state index in [4.69, 9.17) is 9.72 Å². The van der Waals surface area contributed by atoms with Crippen molar-refractivity contribution in [3.63, 3.8) is 0 Å². The summed E-state index contributed by atoms with van der Waals surface area (Å²) < 4.78 is 5.59. The van der Waals surface area contributed by atoms with E-state index in [1.165, 1.54) is 0 Å². The lowest BCUT2D eigenvalue weighted by Crippen LogP contribution is -2.33. The third-order valence-electron chi connectivity index (χ3n) is 6.05. The molecule has 0 saturated heterocycles. The molecule has 2 amide bonds. The van der Waals surface area contributed by atoms with Crippen LogP contribution in [-0.4, -0.2) is 40.8 Å². The summed E-state index contributed by atoms with van der Waals surface area (Å²) in [7, 11) is 0. The number of aromatic nitrogens is 1. The van der Waals surface area contributed by atoms with Crippen molar-refractivity contribution in [2.75, 3.05) is 13.2 Å². The molecule has 0 atom stereocenters. The summed E-state index contributed by atoms with van der Waals surface area (Å²) in [6.45, 7) is -0.0149. The first-order valence-electron chi connectivity index (χ1n) is 10.7. The zero-order valence-electron chi connectivity index (χ0n) is 17.1. The summed E-state index contributed by atoms with van der Waals surface area (Å²) in [5.41, 5.74) is 4.10. The Labute approximate surface area is 179 Å². The number of carbonyl (C=O) groups is 3. The van der Waals surface area contributed by atoms with Gasteiger partial charge in [0, 0.05) is 11.1 Å². The van der Waals surface area contributed by atoms with Crippen molar-refractivity contribution < 1.29 is 19.1 Å². The molecule has 1 aliphatic carbocycles. The largest absolute Gasteiger partial charge is 0.460 e. The Morgan fingerprint density at radius 1 is 0.903 bits per heavy atom.